The number of esters is 1. The Labute approximate surface area is 113 Å². The minimum absolute atomic E-state index is 0.0945. The van der Waals surface area contributed by atoms with Gasteiger partial charge in [0.05, 0.1) is 17.8 Å². The van der Waals surface area contributed by atoms with Crippen molar-refractivity contribution < 1.29 is 14.3 Å². The fraction of sp³-hybridized carbons (Fsp3) is 0.364. The number of amides is 1. The predicted octanol–water partition coefficient (Wildman–Crippen LogP) is -0.634. The Bertz CT molecular complexity index is 584. The molecular formula is C11H13N3O4S. The summed E-state index contributed by atoms with van der Waals surface area (Å²) in [5, 5.41) is 3.13. The summed E-state index contributed by atoms with van der Waals surface area (Å²) in [6, 6.07) is 2.57. The number of nitrogens with two attached hydrogens (primary N) is 1. The zero-order valence-corrected chi connectivity index (χ0v) is 11.0. The first kappa shape index (κ1) is 13.5. The van der Waals surface area contributed by atoms with Crippen molar-refractivity contribution in [2.45, 2.75) is 11.1 Å². The highest BCUT2D eigenvalue weighted by Crippen LogP contribution is 2.31. The van der Waals surface area contributed by atoms with Gasteiger partial charge in [0.1, 0.15) is 12.6 Å². The molecule has 1 atom stereocenters. The topological polar surface area (TPSA) is 103 Å². The van der Waals surface area contributed by atoms with Crippen LogP contribution in [0.25, 0.3) is 0 Å². The fourth-order valence-corrected chi connectivity index (χ4v) is 2.89. The van der Waals surface area contributed by atoms with Gasteiger partial charge >= 0.3 is 5.97 Å². The summed E-state index contributed by atoms with van der Waals surface area (Å²) in [7, 11) is 1.24. The molecule has 1 aromatic heterocycles. The van der Waals surface area contributed by atoms with Crippen LogP contribution in [-0.4, -0.2) is 35.9 Å². The van der Waals surface area contributed by atoms with Crippen molar-refractivity contribution in [3.05, 3.63) is 22.5 Å². The molecule has 0 saturated carbocycles. The van der Waals surface area contributed by atoms with Crippen LogP contribution >= 0.6 is 11.8 Å². The van der Waals surface area contributed by atoms with Crippen molar-refractivity contribution in [2.24, 2.45) is 0 Å². The van der Waals surface area contributed by atoms with Crippen molar-refractivity contribution in [1.82, 2.24) is 9.88 Å². The van der Waals surface area contributed by atoms with Crippen LogP contribution in [0.5, 0.6) is 0 Å². The molecule has 1 unspecified atom stereocenters. The monoisotopic (exact) mass is 283 g/mol. The number of thioether (sulfide) groups is 1. The van der Waals surface area contributed by atoms with Crippen molar-refractivity contribution >= 4 is 29.3 Å². The number of carbonyl (C=O) groups excluding carboxylic acids is 2. The lowest BCUT2D eigenvalue weighted by atomic mass is 10.3. The Balaban J connectivity index is 2.18. The SMILES string of the molecule is COC(=O)CNC(=O)C1CSc2ccc(N)c(=O)n21. The van der Waals surface area contributed by atoms with Crippen LogP contribution in [0.4, 0.5) is 5.69 Å². The predicted molar refractivity (Wildman–Crippen MR) is 69.9 cm³/mol. The van der Waals surface area contributed by atoms with Crippen LogP contribution in [0.2, 0.25) is 0 Å². The molecule has 0 fully saturated rings. The zero-order valence-electron chi connectivity index (χ0n) is 10.2. The summed E-state index contributed by atoms with van der Waals surface area (Å²) in [5.74, 6) is -0.505. The molecule has 7 nitrogen and oxygen atoms in total. The second-order valence-corrected chi connectivity index (χ2v) is 4.96. The number of rotatable bonds is 3. The molecule has 1 amide bonds. The molecular weight excluding hydrogens is 270 g/mol. The third-order valence-corrected chi connectivity index (χ3v) is 3.86. The summed E-state index contributed by atoms with van der Waals surface area (Å²) in [4.78, 5) is 34.8. The Hall–Kier alpha value is -1.96. The highest BCUT2D eigenvalue weighted by molar-refractivity contribution is 7.99. The van der Waals surface area contributed by atoms with E-state index in [2.05, 4.69) is 10.1 Å². The van der Waals surface area contributed by atoms with Gasteiger partial charge in [-0.3, -0.25) is 19.0 Å². The maximum Gasteiger partial charge on any atom is 0.325 e. The van der Waals surface area contributed by atoms with E-state index in [1.54, 1.807) is 6.07 Å². The molecule has 0 spiro atoms. The van der Waals surface area contributed by atoms with Gasteiger partial charge in [-0.25, -0.2) is 0 Å². The van der Waals surface area contributed by atoms with Gasteiger partial charge < -0.3 is 15.8 Å². The Morgan fingerprint density at radius 3 is 3.00 bits per heavy atom. The molecule has 3 N–H and O–H groups in total. The van der Waals surface area contributed by atoms with Gasteiger partial charge in [0.2, 0.25) is 5.91 Å². The largest absolute Gasteiger partial charge is 0.468 e. The maximum absolute atomic E-state index is 12.0. The third kappa shape index (κ3) is 2.58. The standard InChI is InChI=1S/C11H13N3O4S/c1-18-9(15)4-13-10(16)7-5-19-8-3-2-6(12)11(17)14(7)8/h2-3,7H,4-5,12H2,1H3,(H,13,16). The molecule has 0 aliphatic carbocycles. The quantitative estimate of drug-likeness (QED) is 0.716. The molecule has 8 heteroatoms. The van der Waals surface area contributed by atoms with E-state index in [0.29, 0.717) is 10.8 Å². The second-order valence-electron chi connectivity index (χ2n) is 3.92. The van der Waals surface area contributed by atoms with Crippen LogP contribution in [0.15, 0.2) is 22.0 Å². The van der Waals surface area contributed by atoms with Crippen LogP contribution < -0.4 is 16.6 Å². The molecule has 0 radical (unpaired) electrons. The number of aromatic nitrogens is 1. The number of pyridine rings is 1. The second kappa shape index (κ2) is 5.35. The summed E-state index contributed by atoms with van der Waals surface area (Å²) in [5.41, 5.74) is 5.26. The summed E-state index contributed by atoms with van der Waals surface area (Å²) >= 11 is 1.40. The number of fused-ring (bicyclic) bond motifs is 1. The van der Waals surface area contributed by atoms with E-state index in [9.17, 15) is 14.4 Å². The lowest BCUT2D eigenvalue weighted by Crippen LogP contribution is -2.39. The van der Waals surface area contributed by atoms with Crippen molar-refractivity contribution in [1.29, 1.82) is 0 Å². The number of methoxy groups -OCH3 is 1. The van der Waals surface area contributed by atoms with Gasteiger partial charge in [-0.1, -0.05) is 0 Å². The minimum Gasteiger partial charge on any atom is -0.468 e. The van der Waals surface area contributed by atoms with Gasteiger partial charge in [0, 0.05) is 5.75 Å². The molecule has 0 aromatic carbocycles. The Morgan fingerprint density at radius 1 is 1.58 bits per heavy atom. The summed E-state index contributed by atoms with van der Waals surface area (Å²) in [6.07, 6.45) is 0. The van der Waals surface area contributed by atoms with E-state index in [1.807, 2.05) is 0 Å². The molecule has 2 heterocycles. The van der Waals surface area contributed by atoms with Gasteiger partial charge in [0.25, 0.3) is 5.56 Å². The van der Waals surface area contributed by atoms with Crippen LogP contribution in [0, 0.1) is 0 Å². The first-order valence-electron chi connectivity index (χ1n) is 5.53. The number of anilines is 1. The van der Waals surface area contributed by atoms with Crippen molar-refractivity contribution in [3.8, 4) is 0 Å². The zero-order chi connectivity index (χ0) is 14.0. The average Bonchev–Trinajstić information content (AvgIpc) is 2.84. The molecule has 102 valence electrons. The molecule has 0 bridgehead atoms. The first-order valence-corrected chi connectivity index (χ1v) is 6.51. The Kier molecular flexibility index (Phi) is 3.79. The molecule has 19 heavy (non-hydrogen) atoms. The maximum atomic E-state index is 12.0. The number of ether oxygens (including phenoxy) is 1. The number of nitrogens with zero attached hydrogens (tertiary/aromatic N) is 1. The van der Waals surface area contributed by atoms with E-state index in [1.165, 1.54) is 29.5 Å². The first-order chi connectivity index (χ1) is 9.04. The lowest BCUT2D eigenvalue weighted by Gasteiger charge is -2.13. The number of nitrogen functional groups attached to an aromatic ring is 1. The number of nitrogens with one attached hydrogen (secondary N) is 1. The molecule has 1 aliphatic rings. The smallest absolute Gasteiger partial charge is 0.325 e. The average molecular weight is 283 g/mol. The highest BCUT2D eigenvalue weighted by Gasteiger charge is 2.30. The van der Waals surface area contributed by atoms with Gasteiger partial charge in [-0.15, -0.1) is 11.8 Å². The third-order valence-electron chi connectivity index (χ3n) is 2.75. The van der Waals surface area contributed by atoms with Gasteiger partial charge in [-0.05, 0) is 12.1 Å². The number of hydrogen-bond acceptors (Lipinski definition) is 6. The lowest BCUT2D eigenvalue weighted by molar-refractivity contribution is -0.141. The molecule has 1 aromatic rings. The summed E-state index contributed by atoms with van der Waals surface area (Å²) < 4.78 is 5.78. The van der Waals surface area contributed by atoms with Crippen LogP contribution in [-0.2, 0) is 14.3 Å². The summed E-state index contributed by atoms with van der Waals surface area (Å²) in [6.45, 7) is -0.219. The van der Waals surface area contributed by atoms with E-state index in [0.717, 1.165) is 0 Å². The highest BCUT2D eigenvalue weighted by atomic mass is 32.2. The van der Waals surface area contributed by atoms with E-state index >= 15 is 0 Å². The van der Waals surface area contributed by atoms with Crippen molar-refractivity contribution in [3.63, 3.8) is 0 Å². The van der Waals surface area contributed by atoms with Gasteiger partial charge in [-0.2, -0.15) is 0 Å². The van der Waals surface area contributed by atoms with Crippen molar-refractivity contribution in [2.75, 3.05) is 25.1 Å². The number of hydrogen-bond donors (Lipinski definition) is 2. The van der Waals surface area contributed by atoms with E-state index < -0.39 is 17.9 Å². The molecule has 1 aliphatic heterocycles. The normalized spacial score (nSPS) is 16.8. The van der Waals surface area contributed by atoms with Gasteiger partial charge in [0.15, 0.2) is 0 Å². The van der Waals surface area contributed by atoms with E-state index in [4.69, 9.17) is 5.73 Å². The fourth-order valence-electron chi connectivity index (χ4n) is 1.75. The van der Waals surface area contributed by atoms with Crippen LogP contribution in [0.1, 0.15) is 6.04 Å². The number of carbonyl (C=O) groups is 2. The minimum atomic E-state index is -0.652. The Morgan fingerprint density at radius 2 is 2.32 bits per heavy atom. The van der Waals surface area contributed by atoms with Crippen LogP contribution in [0.3, 0.4) is 0 Å². The van der Waals surface area contributed by atoms with E-state index in [-0.39, 0.29) is 17.8 Å². The molecule has 2 rings (SSSR count). The molecule has 0 saturated heterocycles.